The van der Waals surface area contributed by atoms with Crippen molar-refractivity contribution in [1.82, 2.24) is 40.0 Å². The van der Waals surface area contributed by atoms with E-state index in [-0.39, 0.29) is 90.7 Å². The summed E-state index contributed by atoms with van der Waals surface area (Å²) >= 11 is 0. The highest BCUT2D eigenvalue weighted by Crippen LogP contribution is 2.36. The third-order valence-corrected chi connectivity index (χ3v) is 16.2. The number of amides is 5. The largest absolute Gasteiger partial charge is 0.383 e. The zero-order valence-corrected chi connectivity index (χ0v) is 43.6. The summed E-state index contributed by atoms with van der Waals surface area (Å²) in [6, 6.07) is 15.1. The summed E-state index contributed by atoms with van der Waals surface area (Å²) < 4.78 is 38.2. The van der Waals surface area contributed by atoms with Crippen LogP contribution in [0.3, 0.4) is 0 Å². The Kier molecular flexibility index (Phi) is 16.5. The number of likely N-dealkylation sites (tertiary alicyclic amines) is 3. The number of carbonyl (C=O) groups excluding carboxylic acids is 5. The van der Waals surface area contributed by atoms with Crippen LogP contribution in [0.15, 0.2) is 65.5 Å². The average molecular weight is 1040 g/mol. The first-order valence-electron chi connectivity index (χ1n) is 27.1. The molecule has 16 nitrogen and oxygen atoms in total. The molecular weight excluding hydrogens is 963 g/mol. The number of H-pyrrole nitrogens is 1. The minimum absolute atomic E-state index is 0.0121. The molecule has 0 unspecified atom stereocenters. The lowest BCUT2D eigenvalue weighted by Gasteiger charge is -2.42. The number of β-amino-alcohol motifs (C(OH)–C–C–N with tert-alkyl or cyclic N) is 1. The number of nitrogens with zero attached hydrogens (tertiary/aromatic N) is 6. The van der Waals surface area contributed by atoms with Gasteiger partial charge in [-0.05, 0) is 87.1 Å². The molecule has 4 aromatic rings. The SMILES string of the molecule is CC(C)(C)C(=O)N1CCC[C@@](O)(c2cccc(C(=O)N[C@@H](C(=O)N3CCC(OC4CCN(CC(=O)N5CCN(C(=O)c6cc(Cc7n[nH]c(=O)c8ccccc78)ccc6F)CC5)CC4)CC3)C3CCCCC3)c2F)C1. The van der Waals surface area contributed by atoms with Crippen molar-refractivity contribution in [3.05, 3.63) is 111 Å². The van der Waals surface area contributed by atoms with E-state index >= 15 is 8.78 Å². The monoisotopic (exact) mass is 1030 g/mol. The van der Waals surface area contributed by atoms with Gasteiger partial charge >= 0.3 is 0 Å². The van der Waals surface area contributed by atoms with Crippen LogP contribution in [0, 0.1) is 23.0 Å². The smallest absolute Gasteiger partial charge is 0.272 e. The molecule has 0 radical (unpaired) electrons. The van der Waals surface area contributed by atoms with Gasteiger partial charge < -0.3 is 34.8 Å². The van der Waals surface area contributed by atoms with Crippen LogP contribution in [0.25, 0.3) is 10.8 Å². The van der Waals surface area contributed by atoms with E-state index in [9.17, 15) is 33.9 Å². The zero-order valence-electron chi connectivity index (χ0n) is 43.6. The van der Waals surface area contributed by atoms with Gasteiger partial charge in [-0.1, -0.05) is 76.4 Å². The van der Waals surface area contributed by atoms with Crippen molar-refractivity contribution in [2.75, 3.05) is 72.0 Å². The van der Waals surface area contributed by atoms with Gasteiger partial charge in [-0.3, -0.25) is 33.7 Å². The molecule has 18 heteroatoms. The molecule has 4 saturated heterocycles. The molecule has 3 N–H and O–H groups in total. The molecule has 5 fully saturated rings. The second-order valence-electron chi connectivity index (χ2n) is 22.5. The zero-order chi connectivity index (χ0) is 53.0. The summed E-state index contributed by atoms with van der Waals surface area (Å²) in [6.45, 7) is 9.59. The van der Waals surface area contributed by atoms with Crippen LogP contribution >= 0.6 is 0 Å². The van der Waals surface area contributed by atoms with E-state index in [1.54, 1.807) is 43.9 Å². The lowest BCUT2D eigenvalue weighted by Crippen LogP contribution is -2.55. The number of fused-ring (bicyclic) bond motifs is 1. The number of piperidine rings is 3. The van der Waals surface area contributed by atoms with Gasteiger partial charge in [0.15, 0.2) is 0 Å². The number of hydrogen-bond acceptors (Lipinski definition) is 10. The molecular formula is C57H72F2N8O8. The van der Waals surface area contributed by atoms with E-state index in [1.165, 1.54) is 24.3 Å². The highest BCUT2D eigenvalue weighted by atomic mass is 19.1. The molecule has 5 amide bonds. The molecule has 9 rings (SSSR count). The van der Waals surface area contributed by atoms with Crippen molar-refractivity contribution in [3.63, 3.8) is 0 Å². The van der Waals surface area contributed by atoms with Gasteiger partial charge in [0.2, 0.25) is 17.7 Å². The summed E-state index contributed by atoms with van der Waals surface area (Å²) in [5.41, 5.74) is -1.67. The fourth-order valence-corrected chi connectivity index (χ4v) is 11.9. The first-order chi connectivity index (χ1) is 36.0. The van der Waals surface area contributed by atoms with Gasteiger partial charge in [0, 0.05) is 81.7 Å². The molecule has 2 atom stereocenters. The second-order valence-corrected chi connectivity index (χ2v) is 22.5. The average Bonchev–Trinajstić information content (AvgIpc) is 3.42. The molecule has 1 aromatic heterocycles. The third-order valence-electron chi connectivity index (χ3n) is 16.2. The van der Waals surface area contributed by atoms with E-state index in [1.807, 2.05) is 32.9 Å². The Labute approximate surface area is 437 Å². The predicted molar refractivity (Wildman–Crippen MR) is 278 cm³/mol. The quantitative estimate of drug-likeness (QED) is 0.157. The predicted octanol–water partition coefficient (Wildman–Crippen LogP) is 5.78. The van der Waals surface area contributed by atoms with Crippen molar-refractivity contribution in [1.29, 1.82) is 0 Å². The molecule has 75 heavy (non-hydrogen) atoms. The number of hydrogen-bond donors (Lipinski definition) is 3. The first-order valence-corrected chi connectivity index (χ1v) is 27.1. The Hall–Kier alpha value is -6.11. The Morgan fingerprint density at radius 1 is 0.760 bits per heavy atom. The molecule has 5 heterocycles. The molecule has 0 spiro atoms. The highest BCUT2D eigenvalue weighted by molar-refractivity contribution is 5.98. The Balaban J connectivity index is 0.723. The number of halogens is 2. The number of nitrogens with one attached hydrogen (secondary N) is 2. The van der Waals surface area contributed by atoms with Crippen molar-refractivity contribution < 1.29 is 42.6 Å². The number of piperazine rings is 1. The van der Waals surface area contributed by atoms with Gasteiger partial charge in [-0.2, -0.15) is 5.10 Å². The van der Waals surface area contributed by atoms with Crippen LogP contribution in [0.1, 0.15) is 129 Å². The molecule has 402 valence electrons. The van der Waals surface area contributed by atoms with E-state index in [2.05, 4.69) is 20.4 Å². The first kappa shape index (κ1) is 53.7. The van der Waals surface area contributed by atoms with Crippen LogP contribution < -0.4 is 10.9 Å². The van der Waals surface area contributed by atoms with Crippen LogP contribution in [-0.4, -0.2) is 160 Å². The molecule has 3 aromatic carbocycles. The van der Waals surface area contributed by atoms with Gasteiger partial charge in [0.1, 0.15) is 23.3 Å². The summed E-state index contributed by atoms with van der Waals surface area (Å²) in [5, 5.41) is 22.7. The third kappa shape index (κ3) is 12.3. The van der Waals surface area contributed by atoms with Crippen LogP contribution in [-0.2, 0) is 31.1 Å². The van der Waals surface area contributed by atoms with E-state index < -0.39 is 40.5 Å². The number of carbonyl (C=O) groups is 5. The maximum absolute atomic E-state index is 16.4. The lowest BCUT2D eigenvalue weighted by molar-refractivity contribution is -0.147. The van der Waals surface area contributed by atoms with Crippen LogP contribution in [0.4, 0.5) is 8.78 Å². The maximum atomic E-state index is 16.4. The normalized spacial score (nSPS) is 21.3. The fourth-order valence-electron chi connectivity index (χ4n) is 11.9. The van der Waals surface area contributed by atoms with Crippen molar-refractivity contribution in [2.24, 2.45) is 11.3 Å². The van der Waals surface area contributed by atoms with Crippen molar-refractivity contribution >= 4 is 40.3 Å². The summed E-state index contributed by atoms with van der Waals surface area (Å²) in [4.78, 5) is 89.7. The van der Waals surface area contributed by atoms with Crippen LogP contribution in [0.2, 0.25) is 0 Å². The van der Waals surface area contributed by atoms with Crippen molar-refractivity contribution in [2.45, 2.75) is 122 Å². The van der Waals surface area contributed by atoms with Crippen LogP contribution in [0.5, 0.6) is 0 Å². The molecule has 1 aliphatic carbocycles. The number of aromatic amines is 1. The Morgan fingerprint density at radius 3 is 2.12 bits per heavy atom. The molecule has 0 bridgehead atoms. The standard InChI is InChI=1S/C57H72F2N8O8/c1-56(2,3)55(73)67-24-10-23-57(74,36-67)45-16-9-15-43(49(45)59)51(69)60-50(38-11-5-4-6-12-38)54(72)65-27-21-40(22-28-65)75-39-19-25-63(26-20-39)35-48(68)64-29-31-66(32-30-64)53(71)44-33-37(17-18-46(44)58)34-47-41-13-7-8-14-42(41)52(70)62-61-47/h7-9,13-18,33,38-40,50,74H,4-6,10-12,19-32,34-36H2,1-3H3,(H,60,69)(H,62,70)/t50-,57+/m1/s1. The summed E-state index contributed by atoms with van der Waals surface area (Å²) in [7, 11) is 0. The van der Waals surface area contributed by atoms with Crippen molar-refractivity contribution in [3.8, 4) is 0 Å². The number of rotatable bonds is 12. The summed E-state index contributed by atoms with van der Waals surface area (Å²) in [5.74, 6) is -3.04. The topological polar surface area (TPSA) is 189 Å². The number of ether oxygens (including phenoxy) is 1. The van der Waals surface area contributed by atoms with Gasteiger partial charge in [-0.25, -0.2) is 13.9 Å². The Bertz CT molecular complexity index is 2810. The minimum Gasteiger partial charge on any atom is -0.383 e. The van der Waals surface area contributed by atoms with E-state index in [4.69, 9.17) is 4.74 Å². The van der Waals surface area contributed by atoms with Gasteiger partial charge in [-0.15, -0.1) is 0 Å². The number of aliphatic hydroxyl groups is 1. The minimum atomic E-state index is -1.67. The second kappa shape index (κ2) is 23.0. The summed E-state index contributed by atoms with van der Waals surface area (Å²) in [6.07, 6.45) is 8.24. The Morgan fingerprint density at radius 2 is 1.43 bits per heavy atom. The highest BCUT2D eigenvalue weighted by Gasteiger charge is 2.43. The lowest BCUT2D eigenvalue weighted by atomic mass is 9.82. The van der Waals surface area contributed by atoms with Gasteiger partial charge in [0.05, 0.1) is 47.5 Å². The van der Waals surface area contributed by atoms with E-state index in [0.29, 0.717) is 93.5 Å². The molecule has 4 aliphatic heterocycles. The number of aromatic nitrogens is 2. The molecule has 1 saturated carbocycles. The maximum Gasteiger partial charge on any atom is 0.272 e. The molecule has 5 aliphatic rings. The fraction of sp³-hybridized carbons (Fsp3) is 0.561. The van der Waals surface area contributed by atoms with E-state index in [0.717, 1.165) is 44.9 Å². The van der Waals surface area contributed by atoms with Gasteiger partial charge in [0.25, 0.3) is 17.4 Å². The number of benzene rings is 3.